The van der Waals surface area contributed by atoms with Gasteiger partial charge in [0.2, 0.25) is 11.8 Å². The molecular weight excluding hydrogens is 669 g/mol. The molecule has 0 aliphatic heterocycles. The van der Waals surface area contributed by atoms with Gasteiger partial charge >= 0.3 is 0 Å². The van der Waals surface area contributed by atoms with E-state index in [0.29, 0.717) is 40.4 Å². The maximum atomic E-state index is 6.25. The lowest BCUT2D eigenvalue weighted by atomic mass is 10.0. The first-order valence-corrected chi connectivity index (χ1v) is 17.5. The molecule has 0 radical (unpaired) electrons. The van der Waals surface area contributed by atoms with Crippen molar-refractivity contribution >= 4 is 22.2 Å². The molecule has 10 aromatic rings. The Hall–Kier alpha value is -7.58. The second-order valence-corrected chi connectivity index (χ2v) is 12.8. The smallest absolute Gasteiger partial charge is 0.227 e. The number of benzene rings is 6. The van der Waals surface area contributed by atoms with Crippen LogP contribution in [0.25, 0.3) is 102 Å². The van der Waals surface area contributed by atoms with Gasteiger partial charge in [0, 0.05) is 38.9 Å². The predicted octanol–water partition coefficient (Wildman–Crippen LogP) is 11.2. The molecule has 0 bridgehead atoms. The van der Waals surface area contributed by atoms with Gasteiger partial charge < -0.3 is 8.83 Å². The van der Waals surface area contributed by atoms with Gasteiger partial charge in [-0.25, -0.2) is 29.9 Å². The Morgan fingerprint density at radius 3 is 1.06 bits per heavy atom. The lowest BCUT2D eigenvalue weighted by Crippen LogP contribution is -2.01. The van der Waals surface area contributed by atoms with E-state index in [9.17, 15) is 0 Å². The van der Waals surface area contributed by atoms with Crippen molar-refractivity contribution in [3.8, 4) is 79.6 Å². The van der Waals surface area contributed by atoms with Crippen LogP contribution in [0.2, 0.25) is 0 Å². The molecule has 0 unspecified atom stereocenters. The molecule has 0 spiro atoms. The number of aromatic nitrogens is 6. The van der Waals surface area contributed by atoms with E-state index in [1.807, 2.05) is 146 Å². The van der Waals surface area contributed by atoms with Crippen molar-refractivity contribution in [1.82, 2.24) is 29.9 Å². The molecule has 0 fully saturated rings. The van der Waals surface area contributed by atoms with Gasteiger partial charge in [0.1, 0.15) is 11.0 Å². The highest BCUT2D eigenvalue weighted by Gasteiger charge is 2.18. The van der Waals surface area contributed by atoms with E-state index < -0.39 is 0 Å². The summed E-state index contributed by atoms with van der Waals surface area (Å²) < 4.78 is 12.5. The minimum Gasteiger partial charge on any atom is -0.436 e. The van der Waals surface area contributed by atoms with Gasteiger partial charge in [0.25, 0.3) is 0 Å². The number of nitrogens with zero attached hydrogens (tertiary/aromatic N) is 6. The Morgan fingerprint density at radius 2 is 0.648 bits per heavy atom. The Bertz CT molecular complexity index is 2730. The minimum absolute atomic E-state index is 0.483. The van der Waals surface area contributed by atoms with Crippen LogP contribution in [0.4, 0.5) is 0 Å². The van der Waals surface area contributed by atoms with Gasteiger partial charge in [0.15, 0.2) is 28.6 Å². The molecule has 4 aromatic heterocycles. The number of hydrogen-bond acceptors (Lipinski definition) is 8. The first kappa shape index (κ1) is 31.2. The lowest BCUT2D eigenvalue weighted by Gasteiger charge is -2.12. The standard InChI is InChI=1S/C46H28N6O2/c1-5-13-29(14-6-1)38-25-35(26-39(47-38)30-15-7-2-8-16-30)44-51-42(33-21-23-36-40(27-33)53-45(48-36)31-17-9-3-10-18-31)50-43(52-44)34-22-24-37-41(28-34)54-46(49-37)32-19-11-4-12-20-32/h1-28H. The van der Waals surface area contributed by atoms with Crippen LogP contribution in [0.3, 0.4) is 0 Å². The Labute approximate surface area is 309 Å². The first-order chi connectivity index (χ1) is 26.7. The number of oxazole rings is 2. The van der Waals surface area contributed by atoms with Crippen LogP contribution in [0.5, 0.6) is 0 Å². The molecule has 10 rings (SSSR count). The molecular formula is C46H28N6O2. The molecule has 0 atom stereocenters. The predicted molar refractivity (Wildman–Crippen MR) is 211 cm³/mol. The molecule has 8 nitrogen and oxygen atoms in total. The Kier molecular flexibility index (Phi) is 7.62. The fourth-order valence-electron chi connectivity index (χ4n) is 6.47. The van der Waals surface area contributed by atoms with Crippen molar-refractivity contribution < 1.29 is 8.83 Å². The summed E-state index contributed by atoms with van der Waals surface area (Å²) in [6.45, 7) is 0. The normalized spacial score (nSPS) is 11.3. The van der Waals surface area contributed by atoms with Crippen molar-refractivity contribution in [3.05, 3.63) is 170 Å². The molecule has 254 valence electrons. The topological polar surface area (TPSA) is 104 Å². The van der Waals surface area contributed by atoms with Crippen molar-refractivity contribution in [2.24, 2.45) is 0 Å². The van der Waals surface area contributed by atoms with Crippen molar-refractivity contribution in [3.63, 3.8) is 0 Å². The van der Waals surface area contributed by atoms with Crippen LogP contribution in [0.1, 0.15) is 0 Å². The quantitative estimate of drug-likeness (QED) is 0.162. The highest BCUT2D eigenvalue weighted by molar-refractivity contribution is 5.84. The maximum Gasteiger partial charge on any atom is 0.227 e. The van der Waals surface area contributed by atoms with Gasteiger partial charge in [-0.05, 0) is 72.8 Å². The van der Waals surface area contributed by atoms with Crippen molar-refractivity contribution in [2.75, 3.05) is 0 Å². The summed E-state index contributed by atoms with van der Waals surface area (Å²) >= 11 is 0. The molecule has 0 N–H and O–H groups in total. The third-order valence-corrected chi connectivity index (χ3v) is 9.19. The number of hydrogen-bond donors (Lipinski definition) is 0. The fraction of sp³-hybridized carbons (Fsp3) is 0. The SMILES string of the molecule is c1ccc(-c2cc(-c3nc(-c4ccc5nc(-c6ccccc6)oc5c4)nc(-c4ccc5nc(-c6ccccc6)oc5c4)n3)cc(-c3ccccc3)n2)cc1. The van der Waals surface area contributed by atoms with Crippen LogP contribution in [-0.4, -0.2) is 29.9 Å². The first-order valence-electron chi connectivity index (χ1n) is 17.5. The average Bonchev–Trinajstić information content (AvgIpc) is 3.89. The highest BCUT2D eigenvalue weighted by atomic mass is 16.4. The number of pyridine rings is 1. The van der Waals surface area contributed by atoms with Crippen LogP contribution >= 0.6 is 0 Å². The molecule has 0 aliphatic rings. The average molecular weight is 697 g/mol. The maximum absolute atomic E-state index is 6.25. The minimum atomic E-state index is 0.483. The summed E-state index contributed by atoms with van der Waals surface area (Å²) in [7, 11) is 0. The molecule has 8 heteroatoms. The van der Waals surface area contributed by atoms with Gasteiger partial charge in [0.05, 0.1) is 11.4 Å². The summed E-state index contributed by atoms with van der Waals surface area (Å²) in [4.78, 5) is 29.8. The van der Waals surface area contributed by atoms with E-state index in [1.165, 1.54) is 0 Å². The van der Waals surface area contributed by atoms with E-state index >= 15 is 0 Å². The van der Waals surface area contributed by atoms with Crippen molar-refractivity contribution in [1.29, 1.82) is 0 Å². The van der Waals surface area contributed by atoms with E-state index in [1.54, 1.807) is 0 Å². The highest BCUT2D eigenvalue weighted by Crippen LogP contribution is 2.34. The van der Waals surface area contributed by atoms with Gasteiger partial charge in [-0.3, -0.25) is 0 Å². The van der Waals surface area contributed by atoms with E-state index in [0.717, 1.165) is 61.4 Å². The zero-order valence-corrected chi connectivity index (χ0v) is 28.7. The largest absolute Gasteiger partial charge is 0.436 e. The molecule has 0 aliphatic carbocycles. The monoisotopic (exact) mass is 696 g/mol. The Balaban J connectivity index is 1.15. The lowest BCUT2D eigenvalue weighted by molar-refractivity contribution is 0.619. The fourth-order valence-corrected chi connectivity index (χ4v) is 6.47. The van der Waals surface area contributed by atoms with Gasteiger partial charge in [-0.1, -0.05) is 97.1 Å². The van der Waals surface area contributed by atoms with Crippen LogP contribution in [-0.2, 0) is 0 Å². The van der Waals surface area contributed by atoms with Crippen molar-refractivity contribution in [2.45, 2.75) is 0 Å². The zero-order chi connectivity index (χ0) is 35.8. The van der Waals surface area contributed by atoms with E-state index in [2.05, 4.69) is 24.3 Å². The second-order valence-electron chi connectivity index (χ2n) is 12.8. The third-order valence-electron chi connectivity index (χ3n) is 9.19. The Morgan fingerprint density at radius 1 is 0.278 bits per heavy atom. The summed E-state index contributed by atoms with van der Waals surface area (Å²) in [5.74, 6) is 2.56. The summed E-state index contributed by atoms with van der Waals surface area (Å²) in [6.07, 6.45) is 0. The van der Waals surface area contributed by atoms with Crippen LogP contribution in [0.15, 0.2) is 179 Å². The molecule has 0 saturated carbocycles. The number of rotatable bonds is 7. The van der Waals surface area contributed by atoms with E-state index in [-0.39, 0.29) is 0 Å². The van der Waals surface area contributed by atoms with Gasteiger partial charge in [-0.15, -0.1) is 0 Å². The molecule has 6 aromatic carbocycles. The van der Waals surface area contributed by atoms with E-state index in [4.69, 9.17) is 38.7 Å². The molecule has 4 heterocycles. The van der Waals surface area contributed by atoms with Crippen LogP contribution < -0.4 is 0 Å². The second kappa shape index (κ2) is 13.2. The third kappa shape index (κ3) is 5.97. The summed E-state index contributed by atoms with van der Waals surface area (Å²) in [6, 6.07) is 55.7. The summed E-state index contributed by atoms with van der Waals surface area (Å²) in [5.41, 5.74) is 10.5. The summed E-state index contributed by atoms with van der Waals surface area (Å²) in [5, 5.41) is 0. The van der Waals surface area contributed by atoms with Crippen LogP contribution in [0, 0.1) is 0 Å². The molecule has 0 amide bonds. The molecule has 0 saturated heterocycles. The number of fused-ring (bicyclic) bond motifs is 2. The van der Waals surface area contributed by atoms with Gasteiger partial charge in [-0.2, -0.15) is 0 Å². The zero-order valence-electron chi connectivity index (χ0n) is 28.7. The molecule has 54 heavy (non-hydrogen) atoms.